The summed E-state index contributed by atoms with van der Waals surface area (Å²) in [6.45, 7) is 22.0. The van der Waals surface area contributed by atoms with Crippen molar-refractivity contribution >= 4 is 32.7 Å². The molecule has 45 heavy (non-hydrogen) atoms. The molecule has 0 aromatic carbocycles. The Hall–Kier alpha value is -2.09. The number of carbonyl (C=O) groups excluding carboxylic acids is 1. The molecule has 1 fully saturated rings. The van der Waals surface area contributed by atoms with E-state index in [2.05, 4.69) is 39.2 Å². The van der Waals surface area contributed by atoms with Crippen LogP contribution in [-0.4, -0.2) is 78.2 Å². The lowest BCUT2D eigenvalue weighted by molar-refractivity contribution is -0.140. The molecule has 4 atom stereocenters. The van der Waals surface area contributed by atoms with Crippen LogP contribution in [0.15, 0.2) is 26.9 Å². The molecule has 0 aliphatic carbocycles. The number of esters is 1. The molecule has 3 rings (SSSR count). The maximum atomic E-state index is 13.6. The number of rotatable bonds is 10. The first-order valence-corrected chi connectivity index (χ1v) is 22.3. The Morgan fingerprint density at radius 1 is 1.07 bits per heavy atom. The maximum Gasteiger partial charge on any atom is 0.332 e. The molecular weight excluding hydrogens is 639 g/mol. The fourth-order valence-electron chi connectivity index (χ4n) is 4.78. The Kier molecular flexibility index (Phi) is 10.4. The molecule has 4 unspecified atom stereocenters. The summed E-state index contributed by atoms with van der Waals surface area (Å²) in [6, 6.07) is 0. The summed E-state index contributed by atoms with van der Waals surface area (Å²) in [5.41, 5.74) is -2.54. The van der Waals surface area contributed by atoms with Gasteiger partial charge in [0.2, 0.25) is 0 Å². The zero-order valence-corrected chi connectivity index (χ0v) is 31.7. The van der Waals surface area contributed by atoms with Crippen LogP contribution in [-0.2, 0) is 44.5 Å². The monoisotopic (exact) mass is 689 g/mol. The van der Waals surface area contributed by atoms with Crippen molar-refractivity contribution in [3.05, 3.63) is 43.7 Å². The van der Waals surface area contributed by atoms with Crippen LogP contribution in [0.5, 0.6) is 0 Å². The van der Waals surface area contributed by atoms with Gasteiger partial charge >= 0.3 is 11.7 Å². The van der Waals surface area contributed by atoms with E-state index in [1.807, 2.05) is 33.9 Å². The van der Waals surface area contributed by atoms with Gasteiger partial charge in [0.15, 0.2) is 28.5 Å². The summed E-state index contributed by atoms with van der Waals surface area (Å²) < 4.78 is 60.0. The minimum Gasteiger partial charge on any atom is -0.469 e. The van der Waals surface area contributed by atoms with Crippen molar-refractivity contribution < 1.29 is 35.7 Å². The number of carbonyl (C=O) groups is 1. The third-order valence-corrected chi connectivity index (χ3v) is 19.6. The van der Waals surface area contributed by atoms with E-state index in [1.165, 1.54) is 24.9 Å². The van der Waals surface area contributed by atoms with Crippen molar-refractivity contribution in [2.45, 2.75) is 115 Å². The first-order chi connectivity index (χ1) is 20.3. The molecule has 1 aromatic rings. The predicted molar refractivity (Wildman–Crippen MR) is 175 cm³/mol. The number of aryl methyl sites for hydroxylation is 1. The minimum absolute atomic E-state index is 0.0331. The van der Waals surface area contributed by atoms with Crippen molar-refractivity contribution in [3.63, 3.8) is 0 Å². The number of ether oxygens (including phenoxy) is 2. The molecule has 0 radical (unpaired) electrons. The van der Waals surface area contributed by atoms with Gasteiger partial charge < -0.3 is 23.6 Å². The van der Waals surface area contributed by atoms with E-state index in [1.54, 1.807) is 6.92 Å². The van der Waals surface area contributed by atoms with Gasteiger partial charge in [-0.05, 0) is 43.2 Å². The second-order valence-electron chi connectivity index (χ2n) is 14.9. The van der Waals surface area contributed by atoms with Gasteiger partial charge in [-0.1, -0.05) is 41.5 Å². The molecule has 0 amide bonds. The number of hydrogen-bond donors (Lipinski definition) is 1. The number of methoxy groups -OCH3 is 1. The normalized spacial score (nSPS) is 25.4. The Morgan fingerprint density at radius 2 is 1.64 bits per heavy atom. The van der Waals surface area contributed by atoms with Gasteiger partial charge in [-0.25, -0.2) is 8.98 Å². The Labute approximate surface area is 268 Å². The minimum atomic E-state index is -4.29. The van der Waals surface area contributed by atoms with Crippen molar-refractivity contribution in [2.24, 2.45) is 7.05 Å². The molecule has 1 N–H and O–H groups in total. The largest absolute Gasteiger partial charge is 0.469 e. The molecule has 1 aromatic heterocycles. The second kappa shape index (κ2) is 12.5. The lowest BCUT2D eigenvalue weighted by atomic mass is 9.89. The molecule has 256 valence electrons. The zero-order chi connectivity index (χ0) is 34.6. The van der Waals surface area contributed by atoms with Crippen LogP contribution in [0.1, 0.15) is 59.8 Å². The average molecular weight is 690 g/mol. The summed E-state index contributed by atoms with van der Waals surface area (Å²) in [7, 11) is -6.81. The maximum absolute atomic E-state index is 13.6. The first-order valence-electron chi connectivity index (χ1n) is 15.1. The van der Waals surface area contributed by atoms with Gasteiger partial charge in [0.1, 0.15) is 12.2 Å². The summed E-state index contributed by atoms with van der Waals surface area (Å²) in [6.07, 6.45) is -2.11. The van der Waals surface area contributed by atoms with E-state index >= 15 is 0 Å². The van der Waals surface area contributed by atoms with E-state index in [9.17, 15) is 22.8 Å². The predicted octanol–water partition coefficient (Wildman–Crippen LogP) is 3.26. The molecule has 2 aliphatic heterocycles. The molecule has 0 bridgehead atoms. The van der Waals surface area contributed by atoms with Crippen molar-refractivity contribution in [1.29, 1.82) is 0 Å². The lowest BCUT2D eigenvalue weighted by Gasteiger charge is -2.44. The molecule has 0 saturated carbocycles. The lowest BCUT2D eigenvalue weighted by Crippen LogP contribution is -2.60. The van der Waals surface area contributed by atoms with Crippen LogP contribution in [0.2, 0.25) is 36.3 Å². The highest BCUT2D eigenvalue weighted by Gasteiger charge is 2.68. The molecule has 13 nitrogen and oxygen atoms in total. The third-order valence-electron chi connectivity index (χ3n) is 9.66. The topological polar surface area (TPSA) is 153 Å². The first kappa shape index (κ1) is 37.4. The Balaban J connectivity index is 2.32. The molecule has 1 saturated heterocycles. The molecule has 16 heteroatoms. The smallest absolute Gasteiger partial charge is 0.332 e. The highest BCUT2D eigenvalue weighted by Crippen LogP contribution is 2.52. The summed E-state index contributed by atoms with van der Waals surface area (Å²) >= 11 is 0. The van der Waals surface area contributed by atoms with Crippen molar-refractivity contribution in [2.75, 3.05) is 20.3 Å². The number of hydrogen-bond acceptors (Lipinski definition) is 11. The highest BCUT2D eigenvalue weighted by molar-refractivity contribution is 7.90. The third kappa shape index (κ3) is 7.26. The van der Waals surface area contributed by atoms with Crippen LogP contribution in [0.3, 0.4) is 0 Å². The van der Waals surface area contributed by atoms with Crippen LogP contribution in [0, 0.1) is 6.92 Å². The van der Waals surface area contributed by atoms with Crippen LogP contribution >= 0.6 is 0 Å². The van der Waals surface area contributed by atoms with Gasteiger partial charge in [0.05, 0.1) is 31.2 Å². The standard InChI is InChI=1S/C29H51N3O10SSi2/c1-19-16-32(26(35)31(8)24(19)34)25-23(41-45(12,13)28(5,6)7)29(21(40-25)17-39-44(10,11)27(2,3)4)20(18-43(36,37)42-29)30-15-14-22(33)38-9/h16,18,21,23,25,30H,14-15,17H2,1-13H3. The van der Waals surface area contributed by atoms with Crippen molar-refractivity contribution in [1.82, 2.24) is 14.5 Å². The van der Waals surface area contributed by atoms with Crippen LogP contribution < -0.4 is 16.6 Å². The summed E-state index contributed by atoms with van der Waals surface area (Å²) in [4.78, 5) is 38.3. The van der Waals surface area contributed by atoms with Crippen LogP contribution in [0.4, 0.5) is 0 Å². The quantitative estimate of drug-likeness (QED) is 0.219. The van der Waals surface area contributed by atoms with Gasteiger partial charge in [-0.15, -0.1) is 0 Å². The zero-order valence-electron chi connectivity index (χ0n) is 28.9. The van der Waals surface area contributed by atoms with Crippen LogP contribution in [0.25, 0.3) is 0 Å². The molecule has 1 spiro atoms. The summed E-state index contributed by atoms with van der Waals surface area (Å²) in [5.74, 6) is -0.487. The van der Waals surface area contributed by atoms with E-state index in [0.717, 1.165) is 9.98 Å². The summed E-state index contributed by atoms with van der Waals surface area (Å²) in [5, 5.41) is 3.55. The van der Waals surface area contributed by atoms with Gasteiger partial charge in [-0.2, -0.15) is 8.42 Å². The molecular formula is C29H51N3O10SSi2. The Morgan fingerprint density at radius 3 is 2.18 bits per heavy atom. The number of nitrogens with zero attached hydrogens (tertiary/aromatic N) is 2. The second-order valence-corrected chi connectivity index (χ2v) is 25.9. The van der Waals surface area contributed by atoms with E-state index in [0.29, 0.717) is 0 Å². The van der Waals surface area contributed by atoms with Gasteiger partial charge in [0.25, 0.3) is 15.7 Å². The molecule has 2 aliphatic rings. The number of nitrogens with one attached hydrogen (secondary N) is 1. The van der Waals surface area contributed by atoms with Gasteiger partial charge in [0, 0.05) is 25.4 Å². The van der Waals surface area contributed by atoms with Crippen molar-refractivity contribution in [3.8, 4) is 0 Å². The van der Waals surface area contributed by atoms with E-state index < -0.39 is 68.0 Å². The fraction of sp³-hybridized carbons (Fsp3) is 0.759. The average Bonchev–Trinajstić information content (AvgIpc) is 3.34. The van der Waals surface area contributed by atoms with E-state index in [-0.39, 0.29) is 40.9 Å². The number of aromatic nitrogens is 2. The highest BCUT2D eigenvalue weighted by atomic mass is 32.2. The SMILES string of the molecule is COC(=O)CCNC1=CS(=O)(=O)OC12C(CO[Si](C)(C)C(C)(C)C)OC(n1cc(C)c(=O)n(C)c1=O)C2O[Si](C)(C)C(C)(C)C. The molecule has 3 heterocycles. The van der Waals surface area contributed by atoms with E-state index in [4.69, 9.17) is 22.5 Å². The fourth-order valence-corrected chi connectivity index (χ4v) is 8.34. The Bertz CT molecular complexity index is 1550. The van der Waals surface area contributed by atoms with Gasteiger partial charge in [-0.3, -0.25) is 18.7 Å².